The molecule has 0 aliphatic carbocycles. The van der Waals surface area contributed by atoms with Gasteiger partial charge in [-0.05, 0) is 36.6 Å². The van der Waals surface area contributed by atoms with Crippen molar-refractivity contribution in [2.75, 3.05) is 6.61 Å². The Morgan fingerprint density at radius 1 is 1.12 bits per heavy atom. The number of ether oxygens (including phenoxy) is 1. The standard InChI is InChI=1S/C20H22Cl2N2O2/c1-2-7-18(15-8-4-3-5-9-15)23-24-20(25)10-6-13-26-19-12-11-16(21)14-17(19)22/h3-5,8-9,11-12,14H,2,6-7,10,13H2,1H3,(H,24,25). The quantitative estimate of drug-likeness (QED) is 0.349. The highest BCUT2D eigenvalue weighted by atomic mass is 35.5. The van der Waals surface area contributed by atoms with Gasteiger partial charge in [0.25, 0.3) is 0 Å². The van der Waals surface area contributed by atoms with E-state index in [1.54, 1.807) is 18.2 Å². The van der Waals surface area contributed by atoms with Crippen LogP contribution in [0.2, 0.25) is 10.0 Å². The number of carbonyl (C=O) groups excluding carboxylic acids is 1. The minimum absolute atomic E-state index is 0.139. The van der Waals surface area contributed by atoms with Crippen molar-refractivity contribution < 1.29 is 9.53 Å². The molecule has 0 aliphatic rings. The second-order valence-electron chi connectivity index (χ2n) is 5.74. The van der Waals surface area contributed by atoms with Gasteiger partial charge in [-0.2, -0.15) is 5.10 Å². The third-order valence-electron chi connectivity index (χ3n) is 3.61. The average molecular weight is 393 g/mol. The molecule has 2 rings (SSSR count). The molecule has 2 aromatic rings. The number of rotatable bonds is 9. The third-order valence-corrected chi connectivity index (χ3v) is 4.14. The van der Waals surface area contributed by atoms with Crippen molar-refractivity contribution in [3.8, 4) is 5.75 Å². The number of halogens is 2. The lowest BCUT2D eigenvalue weighted by atomic mass is 10.1. The third kappa shape index (κ3) is 6.70. The molecule has 6 heteroatoms. The largest absolute Gasteiger partial charge is 0.492 e. The number of benzene rings is 2. The van der Waals surface area contributed by atoms with Gasteiger partial charge in [0.15, 0.2) is 0 Å². The highest BCUT2D eigenvalue weighted by molar-refractivity contribution is 6.35. The first-order valence-corrected chi connectivity index (χ1v) is 9.34. The lowest BCUT2D eigenvalue weighted by Crippen LogP contribution is -2.20. The van der Waals surface area contributed by atoms with E-state index in [1.165, 1.54) is 0 Å². The normalized spacial score (nSPS) is 11.3. The number of hydrogen-bond donors (Lipinski definition) is 1. The van der Waals surface area contributed by atoms with Crippen molar-refractivity contribution in [2.24, 2.45) is 5.10 Å². The monoisotopic (exact) mass is 392 g/mol. The molecule has 0 unspecified atom stereocenters. The van der Waals surface area contributed by atoms with Crippen LogP contribution in [0, 0.1) is 0 Å². The number of nitrogens with zero attached hydrogens (tertiary/aromatic N) is 1. The molecule has 138 valence electrons. The zero-order chi connectivity index (χ0) is 18.8. The molecule has 0 saturated heterocycles. The molecule has 0 aliphatic heterocycles. The molecule has 0 spiro atoms. The second-order valence-corrected chi connectivity index (χ2v) is 6.58. The lowest BCUT2D eigenvalue weighted by molar-refractivity contribution is -0.121. The first kappa shape index (κ1) is 20.3. The van der Waals surface area contributed by atoms with Crippen molar-refractivity contribution in [1.29, 1.82) is 0 Å². The summed E-state index contributed by atoms with van der Waals surface area (Å²) in [5.41, 5.74) is 4.54. The molecule has 26 heavy (non-hydrogen) atoms. The molecule has 0 bridgehead atoms. The average Bonchev–Trinajstić information content (AvgIpc) is 2.64. The fourth-order valence-corrected chi connectivity index (χ4v) is 2.79. The summed E-state index contributed by atoms with van der Waals surface area (Å²) >= 11 is 11.9. The summed E-state index contributed by atoms with van der Waals surface area (Å²) in [4.78, 5) is 12.0. The highest BCUT2D eigenvalue weighted by Crippen LogP contribution is 2.27. The summed E-state index contributed by atoms with van der Waals surface area (Å²) in [7, 11) is 0. The van der Waals surface area contributed by atoms with Crippen LogP contribution in [0.4, 0.5) is 0 Å². The predicted octanol–water partition coefficient (Wildman–Crippen LogP) is 5.47. The molecule has 1 N–H and O–H groups in total. The topological polar surface area (TPSA) is 50.7 Å². The number of hydrogen-bond acceptors (Lipinski definition) is 3. The van der Waals surface area contributed by atoms with Crippen LogP contribution in [0.15, 0.2) is 53.6 Å². The summed E-state index contributed by atoms with van der Waals surface area (Å²) in [6.07, 6.45) is 2.65. The lowest BCUT2D eigenvalue weighted by Gasteiger charge is -2.08. The molecular formula is C20H22Cl2N2O2. The molecule has 4 nitrogen and oxygen atoms in total. The smallest absolute Gasteiger partial charge is 0.240 e. The number of carbonyl (C=O) groups is 1. The van der Waals surface area contributed by atoms with E-state index in [1.807, 2.05) is 30.3 Å². The molecule has 2 aromatic carbocycles. The maximum atomic E-state index is 12.0. The van der Waals surface area contributed by atoms with Gasteiger partial charge in [-0.15, -0.1) is 0 Å². The van der Waals surface area contributed by atoms with E-state index >= 15 is 0 Å². The van der Waals surface area contributed by atoms with Crippen LogP contribution in [-0.4, -0.2) is 18.2 Å². The van der Waals surface area contributed by atoms with Gasteiger partial charge in [-0.1, -0.05) is 66.9 Å². The SMILES string of the molecule is CCCC(=NNC(=O)CCCOc1ccc(Cl)cc1Cl)c1ccccc1. The van der Waals surface area contributed by atoms with Crippen LogP contribution >= 0.6 is 23.2 Å². The van der Waals surface area contributed by atoms with E-state index in [2.05, 4.69) is 17.5 Å². The van der Waals surface area contributed by atoms with Crippen LogP contribution in [0.1, 0.15) is 38.2 Å². The molecule has 0 heterocycles. The summed E-state index contributed by atoms with van der Waals surface area (Å²) in [5.74, 6) is 0.421. The van der Waals surface area contributed by atoms with E-state index < -0.39 is 0 Å². The fourth-order valence-electron chi connectivity index (χ4n) is 2.32. The van der Waals surface area contributed by atoms with Crippen LogP contribution in [0.5, 0.6) is 5.75 Å². The minimum Gasteiger partial charge on any atom is -0.492 e. The van der Waals surface area contributed by atoms with Crippen LogP contribution < -0.4 is 10.2 Å². The van der Waals surface area contributed by atoms with Gasteiger partial charge in [0, 0.05) is 11.4 Å². The van der Waals surface area contributed by atoms with E-state index in [9.17, 15) is 4.79 Å². The summed E-state index contributed by atoms with van der Waals surface area (Å²) in [6, 6.07) is 14.9. The summed E-state index contributed by atoms with van der Waals surface area (Å²) in [5, 5.41) is 5.30. The van der Waals surface area contributed by atoms with Gasteiger partial charge in [0.05, 0.1) is 17.3 Å². The maximum absolute atomic E-state index is 12.0. The number of amides is 1. The predicted molar refractivity (Wildman–Crippen MR) is 107 cm³/mol. The Kier molecular flexibility index (Phi) is 8.45. The molecule has 0 radical (unpaired) electrons. The van der Waals surface area contributed by atoms with Gasteiger partial charge < -0.3 is 4.74 Å². The van der Waals surface area contributed by atoms with Crippen molar-refractivity contribution in [2.45, 2.75) is 32.6 Å². The molecule has 0 fully saturated rings. The van der Waals surface area contributed by atoms with Gasteiger partial charge in [0.1, 0.15) is 5.75 Å². The first-order valence-electron chi connectivity index (χ1n) is 8.59. The van der Waals surface area contributed by atoms with Crippen molar-refractivity contribution in [3.05, 3.63) is 64.1 Å². The van der Waals surface area contributed by atoms with E-state index in [0.29, 0.717) is 35.2 Å². The Morgan fingerprint density at radius 3 is 2.58 bits per heavy atom. The van der Waals surface area contributed by atoms with Crippen LogP contribution in [-0.2, 0) is 4.79 Å². The van der Waals surface area contributed by atoms with Crippen molar-refractivity contribution in [3.63, 3.8) is 0 Å². The fraction of sp³-hybridized carbons (Fsp3) is 0.300. The molecule has 0 aromatic heterocycles. The van der Waals surface area contributed by atoms with Gasteiger partial charge >= 0.3 is 0 Å². The van der Waals surface area contributed by atoms with Crippen LogP contribution in [0.25, 0.3) is 0 Å². The Labute approximate surface area is 164 Å². The molecular weight excluding hydrogens is 371 g/mol. The number of nitrogens with one attached hydrogen (secondary N) is 1. The maximum Gasteiger partial charge on any atom is 0.240 e. The van der Waals surface area contributed by atoms with Crippen LogP contribution in [0.3, 0.4) is 0 Å². The van der Waals surface area contributed by atoms with Gasteiger partial charge in [0.2, 0.25) is 5.91 Å². The Hall–Kier alpha value is -2.04. The second kappa shape index (κ2) is 10.8. The van der Waals surface area contributed by atoms with E-state index in [0.717, 1.165) is 24.1 Å². The summed E-state index contributed by atoms with van der Waals surface area (Å²) < 4.78 is 5.57. The van der Waals surface area contributed by atoms with Gasteiger partial charge in [-0.3, -0.25) is 4.79 Å². The zero-order valence-electron chi connectivity index (χ0n) is 14.7. The zero-order valence-corrected chi connectivity index (χ0v) is 16.2. The Morgan fingerprint density at radius 2 is 1.88 bits per heavy atom. The van der Waals surface area contributed by atoms with E-state index in [4.69, 9.17) is 27.9 Å². The minimum atomic E-state index is -0.139. The summed E-state index contributed by atoms with van der Waals surface area (Å²) in [6.45, 7) is 2.47. The van der Waals surface area contributed by atoms with E-state index in [-0.39, 0.29) is 5.91 Å². The van der Waals surface area contributed by atoms with Gasteiger partial charge in [-0.25, -0.2) is 5.43 Å². The molecule has 0 saturated carbocycles. The Balaban J connectivity index is 1.78. The highest BCUT2D eigenvalue weighted by Gasteiger charge is 2.06. The van der Waals surface area contributed by atoms with Crippen molar-refractivity contribution >= 4 is 34.8 Å². The first-order chi connectivity index (χ1) is 12.6. The molecule has 1 amide bonds. The Bertz CT molecular complexity index is 749. The number of hydrazone groups is 1. The van der Waals surface area contributed by atoms with Crippen molar-refractivity contribution in [1.82, 2.24) is 5.43 Å². The molecule has 0 atom stereocenters.